The first-order chi connectivity index (χ1) is 9.90. The number of rotatable bonds is 5. The number of aromatic nitrogens is 1. The van der Waals surface area contributed by atoms with Crippen molar-refractivity contribution < 1.29 is 14.8 Å². The molecule has 0 aromatic carbocycles. The van der Waals surface area contributed by atoms with E-state index in [9.17, 15) is 14.9 Å². The van der Waals surface area contributed by atoms with Crippen LogP contribution in [0.25, 0.3) is 0 Å². The molecule has 114 valence electrons. The van der Waals surface area contributed by atoms with Gasteiger partial charge < -0.3 is 14.9 Å². The van der Waals surface area contributed by atoms with Crippen LogP contribution in [0.3, 0.4) is 0 Å². The summed E-state index contributed by atoms with van der Waals surface area (Å²) >= 11 is 0. The molecule has 1 aliphatic heterocycles. The van der Waals surface area contributed by atoms with Gasteiger partial charge in [0.2, 0.25) is 5.82 Å². The van der Waals surface area contributed by atoms with Crippen molar-refractivity contribution in [3.05, 3.63) is 27.9 Å². The molecule has 2 rings (SSSR count). The van der Waals surface area contributed by atoms with E-state index in [2.05, 4.69) is 4.98 Å². The van der Waals surface area contributed by atoms with Crippen LogP contribution in [0.4, 0.5) is 11.5 Å². The maximum atomic E-state index is 11.2. The van der Waals surface area contributed by atoms with Gasteiger partial charge in [-0.05, 0) is 26.9 Å². The zero-order valence-electron chi connectivity index (χ0n) is 12.0. The number of likely N-dealkylation sites (N-methyl/N-ethyl adjacent to an activating group) is 1. The highest BCUT2D eigenvalue weighted by Gasteiger charge is 2.32. The minimum absolute atomic E-state index is 0.155. The predicted molar refractivity (Wildman–Crippen MR) is 76.8 cm³/mol. The first kappa shape index (κ1) is 15.2. The SMILES string of the molecule is CN(C)CC1CCCN1c1ncc(C(=O)O)cc1[N+](=O)[O-]. The van der Waals surface area contributed by atoms with Crippen LogP contribution >= 0.6 is 0 Å². The summed E-state index contributed by atoms with van der Waals surface area (Å²) in [5, 5.41) is 20.2. The maximum Gasteiger partial charge on any atom is 0.337 e. The normalized spacial score (nSPS) is 18.2. The number of nitrogens with zero attached hydrogens (tertiary/aromatic N) is 4. The summed E-state index contributed by atoms with van der Waals surface area (Å²) in [5.74, 6) is -0.960. The predicted octanol–water partition coefficient (Wildman–Crippen LogP) is 1.22. The molecule has 0 saturated carbocycles. The summed E-state index contributed by atoms with van der Waals surface area (Å²) in [4.78, 5) is 29.6. The second-order valence-corrected chi connectivity index (χ2v) is 5.38. The third-order valence-electron chi connectivity index (χ3n) is 3.52. The number of carboxylic acids is 1. The van der Waals surface area contributed by atoms with Crippen LogP contribution in [-0.4, -0.2) is 59.1 Å². The number of nitro groups is 1. The van der Waals surface area contributed by atoms with Gasteiger partial charge in [0.15, 0.2) is 0 Å². The van der Waals surface area contributed by atoms with Gasteiger partial charge in [-0.1, -0.05) is 0 Å². The van der Waals surface area contributed by atoms with Crippen molar-refractivity contribution in [3.8, 4) is 0 Å². The lowest BCUT2D eigenvalue weighted by atomic mass is 10.2. The molecule has 0 amide bonds. The Hall–Kier alpha value is -2.22. The van der Waals surface area contributed by atoms with Crippen molar-refractivity contribution in [1.29, 1.82) is 0 Å². The van der Waals surface area contributed by atoms with Gasteiger partial charge in [0.25, 0.3) is 0 Å². The number of anilines is 1. The molecular formula is C13H18N4O4. The highest BCUT2D eigenvalue weighted by atomic mass is 16.6. The van der Waals surface area contributed by atoms with Gasteiger partial charge in [-0.2, -0.15) is 0 Å². The van der Waals surface area contributed by atoms with E-state index >= 15 is 0 Å². The molecule has 8 nitrogen and oxygen atoms in total. The Morgan fingerprint density at radius 2 is 2.33 bits per heavy atom. The number of pyridine rings is 1. The fourth-order valence-electron chi connectivity index (χ4n) is 2.64. The lowest BCUT2D eigenvalue weighted by molar-refractivity contribution is -0.384. The van der Waals surface area contributed by atoms with Gasteiger partial charge in [-0.15, -0.1) is 0 Å². The fourth-order valence-corrected chi connectivity index (χ4v) is 2.64. The van der Waals surface area contributed by atoms with Crippen molar-refractivity contribution in [2.75, 3.05) is 32.1 Å². The third-order valence-corrected chi connectivity index (χ3v) is 3.52. The Balaban J connectivity index is 2.38. The highest BCUT2D eigenvalue weighted by molar-refractivity contribution is 5.88. The Bertz CT molecular complexity index is 561. The van der Waals surface area contributed by atoms with E-state index in [4.69, 9.17) is 5.11 Å². The molecule has 1 saturated heterocycles. The third kappa shape index (κ3) is 3.27. The molecule has 1 aliphatic rings. The largest absolute Gasteiger partial charge is 0.478 e. The minimum Gasteiger partial charge on any atom is -0.478 e. The standard InChI is InChI=1S/C13H18N4O4/c1-15(2)8-10-4-3-5-16(10)12-11(17(20)21)6-9(7-14-12)13(18)19/h6-7,10H,3-5,8H2,1-2H3,(H,18,19). The molecule has 1 N–H and O–H groups in total. The molecule has 2 heterocycles. The van der Waals surface area contributed by atoms with Crippen LogP contribution in [0.5, 0.6) is 0 Å². The van der Waals surface area contributed by atoms with Gasteiger partial charge in [-0.25, -0.2) is 9.78 Å². The summed E-state index contributed by atoms with van der Waals surface area (Å²) in [7, 11) is 3.90. The Morgan fingerprint density at radius 1 is 1.62 bits per heavy atom. The lowest BCUT2D eigenvalue weighted by Crippen LogP contribution is -2.38. The fraction of sp³-hybridized carbons (Fsp3) is 0.538. The van der Waals surface area contributed by atoms with Crippen molar-refractivity contribution in [1.82, 2.24) is 9.88 Å². The summed E-state index contributed by atoms with van der Waals surface area (Å²) in [6.07, 6.45) is 3.06. The molecule has 1 atom stereocenters. The van der Waals surface area contributed by atoms with Gasteiger partial charge in [0, 0.05) is 31.4 Å². The van der Waals surface area contributed by atoms with E-state index in [1.807, 2.05) is 23.9 Å². The zero-order chi connectivity index (χ0) is 15.6. The lowest BCUT2D eigenvalue weighted by Gasteiger charge is -2.27. The van der Waals surface area contributed by atoms with Gasteiger partial charge >= 0.3 is 11.7 Å². The van der Waals surface area contributed by atoms with Crippen LogP contribution in [0.2, 0.25) is 0 Å². The molecule has 1 aromatic rings. The van der Waals surface area contributed by atoms with Gasteiger partial charge in [0.1, 0.15) is 0 Å². The Labute approximate surface area is 122 Å². The van der Waals surface area contributed by atoms with E-state index in [0.717, 1.165) is 25.5 Å². The van der Waals surface area contributed by atoms with Crippen LogP contribution in [0.1, 0.15) is 23.2 Å². The van der Waals surface area contributed by atoms with Crippen molar-refractivity contribution in [2.45, 2.75) is 18.9 Å². The van der Waals surface area contributed by atoms with E-state index in [-0.39, 0.29) is 23.1 Å². The van der Waals surface area contributed by atoms with Crippen LogP contribution in [0.15, 0.2) is 12.3 Å². The number of hydrogen-bond donors (Lipinski definition) is 1. The molecule has 1 unspecified atom stereocenters. The van der Waals surface area contributed by atoms with E-state index in [1.165, 1.54) is 6.20 Å². The molecule has 0 spiro atoms. The molecular weight excluding hydrogens is 276 g/mol. The second-order valence-electron chi connectivity index (χ2n) is 5.38. The van der Waals surface area contributed by atoms with Crippen molar-refractivity contribution in [3.63, 3.8) is 0 Å². The average Bonchev–Trinajstić information content (AvgIpc) is 2.84. The monoisotopic (exact) mass is 294 g/mol. The molecule has 8 heteroatoms. The van der Waals surface area contributed by atoms with Crippen LogP contribution in [0, 0.1) is 10.1 Å². The van der Waals surface area contributed by atoms with Crippen molar-refractivity contribution >= 4 is 17.5 Å². The number of carboxylic acid groups (broad SMARTS) is 1. The van der Waals surface area contributed by atoms with Gasteiger partial charge in [0.05, 0.1) is 10.5 Å². The Morgan fingerprint density at radius 3 is 2.90 bits per heavy atom. The number of hydrogen-bond acceptors (Lipinski definition) is 6. The maximum absolute atomic E-state index is 11.2. The van der Waals surface area contributed by atoms with Gasteiger partial charge in [-0.3, -0.25) is 10.1 Å². The van der Waals surface area contributed by atoms with E-state index in [1.54, 1.807) is 0 Å². The average molecular weight is 294 g/mol. The molecule has 0 radical (unpaired) electrons. The van der Waals surface area contributed by atoms with E-state index in [0.29, 0.717) is 6.54 Å². The summed E-state index contributed by atoms with van der Waals surface area (Å²) in [6.45, 7) is 1.47. The molecule has 0 aliphatic carbocycles. The highest BCUT2D eigenvalue weighted by Crippen LogP contribution is 2.32. The molecule has 1 aromatic heterocycles. The summed E-state index contributed by atoms with van der Waals surface area (Å²) in [5.41, 5.74) is -0.422. The first-order valence-electron chi connectivity index (χ1n) is 6.69. The number of carbonyl (C=O) groups is 1. The summed E-state index contributed by atoms with van der Waals surface area (Å²) in [6, 6.07) is 1.23. The number of aromatic carboxylic acids is 1. The Kier molecular flexibility index (Phi) is 4.37. The van der Waals surface area contributed by atoms with Crippen LogP contribution < -0.4 is 4.90 Å². The molecule has 0 bridgehead atoms. The molecule has 21 heavy (non-hydrogen) atoms. The smallest absolute Gasteiger partial charge is 0.337 e. The quantitative estimate of drug-likeness (QED) is 0.643. The second kappa shape index (κ2) is 6.04. The van der Waals surface area contributed by atoms with Crippen molar-refractivity contribution in [2.24, 2.45) is 0 Å². The van der Waals surface area contributed by atoms with E-state index < -0.39 is 10.9 Å². The zero-order valence-corrected chi connectivity index (χ0v) is 12.0. The first-order valence-corrected chi connectivity index (χ1v) is 6.69. The summed E-state index contributed by atoms with van der Waals surface area (Å²) < 4.78 is 0. The van der Waals surface area contributed by atoms with Crippen LogP contribution in [-0.2, 0) is 0 Å². The minimum atomic E-state index is -1.22. The molecule has 1 fully saturated rings. The topological polar surface area (TPSA) is 99.8 Å².